The van der Waals surface area contributed by atoms with E-state index in [4.69, 9.17) is 0 Å². The topological polar surface area (TPSA) is 50.5 Å². The second-order valence-electron chi connectivity index (χ2n) is 8.22. The normalized spacial score (nSPS) is 15.9. The van der Waals surface area contributed by atoms with Crippen molar-refractivity contribution >= 4 is 39.9 Å². The number of benzene rings is 2. The number of fused-ring (bicyclic) bond motifs is 4. The molecule has 1 amide bonds. The van der Waals surface area contributed by atoms with Crippen molar-refractivity contribution in [2.75, 3.05) is 10.7 Å². The minimum absolute atomic E-state index is 0.109. The average Bonchev–Trinajstić information content (AvgIpc) is 3.25. The van der Waals surface area contributed by atoms with E-state index < -0.39 is 0 Å². The molecular formula is C24H24N4OS. The van der Waals surface area contributed by atoms with Gasteiger partial charge in [0.15, 0.2) is 10.8 Å². The predicted octanol–water partition coefficient (Wildman–Crippen LogP) is 4.88. The number of aromatic nitrogens is 3. The molecular weight excluding hydrogens is 392 g/mol. The van der Waals surface area contributed by atoms with Gasteiger partial charge in [-0.2, -0.15) is 0 Å². The second-order valence-corrected chi connectivity index (χ2v) is 9.16. The Hall–Kier alpha value is -2.86. The number of para-hydroxylation sites is 1. The molecule has 3 heterocycles. The van der Waals surface area contributed by atoms with Crippen LogP contribution in [0.1, 0.15) is 29.2 Å². The fourth-order valence-electron chi connectivity index (χ4n) is 4.65. The highest BCUT2D eigenvalue weighted by atomic mass is 32.2. The van der Waals surface area contributed by atoms with Crippen molar-refractivity contribution < 1.29 is 4.79 Å². The number of carbonyl (C=O) groups is 1. The number of hydrogen-bond donors (Lipinski definition) is 0. The van der Waals surface area contributed by atoms with E-state index in [2.05, 4.69) is 66.6 Å². The Morgan fingerprint density at radius 1 is 1.10 bits per heavy atom. The van der Waals surface area contributed by atoms with Crippen LogP contribution in [0.3, 0.4) is 0 Å². The quantitative estimate of drug-likeness (QED) is 0.447. The molecule has 5 rings (SSSR count). The van der Waals surface area contributed by atoms with E-state index in [9.17, 15) is 4.79 Å². The maximum absolute atomic E-state index is 13.1. The lowest BCUT2D eigenvalue weighted by molar-refractivity contribution is -0.116. The van der Waals surface area contributed by atoms with Gasteiger partial charge < -0.3 is 4.90 Å². The van der Waals surface area contributed by atoms with Crippen LogP contribution < -0.4 is 4.90 Å². The lowest BCUT2D eigenvalue weighted by Gasteiger charge is -2.22. The SMILES string of the molecule is Cc1cc(C)c2c(c1)c(C)cc1nnc(SCC(=O)N3c4ccccc4C[C@H]3C)n12. The van der Waals surface area contributed by atoms with Crippen molar-refractivity contribution in [1.29, 1.82) is 0 Å². The Morgan fingerprint density at radius 3 is 2.73 bits per heavy atom. The number of rotatable bonds is 3. The molecule has 2 aromatic carbocycles. The summed E-state index contributed by atoms with van der Waals surface area (Å²) in [7, 11) is 0. The van der Waals surface area contributed by atoms with E-state index in [0.29, 0.717) is 5.75 Å². The van der Waals surface area contributed by atoms with Gasteiger partial charge in [-0.15, -0.1) is 10.2 Å². The maximum atomic E-state index is 13.1. The number of amides is 1. The third kappa shape index (κ3) is 2.98. The van der Waals surface area contributed by atoms with Gasteiger partial charge in [0.2, 0.25) is 5.91 Å². The Kier molecular flexibility index (Phi) is 4.54. The van der Waals surface area contributed by atoms with Crippen LogP contribution in [-0.2, 0) is 11.2 Å². The Bertz CT molecular complexity index is 1310. The molecule has 6 heteroatoms. The van der Waals surface area contributed by atoms with Crippen LogP contribution in [0.5, 0.6) is 0 Å². The van der Waals surface area contributed by atoms with E-state index in [1.54, 1.807) is 0 Å². The molecule has 0 fully saturated rings. The van der Waals surface area contributed by atoms with Crippen LogP contribution in [0.4, 0.5) is 5.69 Å². The fourth-order valence-corrected chi connectivity index (χ4v) is 5.45. The van der Waals surface area contributed by atoms with Gasteiger partial charge >= 0.3 is 0 Å². The van der Waals surface area contributed by atoms with Crippen LogP contribution in [0.2, 0.25) is 0 Å². The summed E-state index contributed by atoms with van der Waals surface area (Å²) >= 11 is 1.46. The summed E-state index contributed by atoms with van der Waals surface area (Å²) in [6, 6.07) is 14.8. The lowest BCUT2D eigenvalue weighted by Crippen LogP contribution is -2.37. The molecule has 1 atom stereocenters. The summed E-state index contributed by atoms with van der Waals surface area (Å²) in [4.78, 5) is 15.1. The molecule has 2 aromatic heterocycles. The molecule has 0 unspecified atom stereocenters. The van der Waals surface area contributed by atoms with Gasteiger partial charge in [-0.05, 0) is 69.0 Å². The van der Waals surface area contributed by atoms with Gasteiger partial charge in [-0.25, -0.2) is 0 Å². The van der Waals surface area contributed by atoms with Crippen LogP contribution in [0.15, 0.2) is 47.6 Å². The summed E-state index contributed by atoms with van der Waals surface area (Å²) in [6.07, 6.45) is 0.906. The zero-order valence-corrected chi connectivity index (χ0v) is 18.5. The second kappa shape index (κ2) is 7.13. The van der Waals surface area contributed by atoms with Crippen molar-refractivity contribution in [2.45, 2.75) is 45.3 Å². The van der Waals surface area contributed by atoms with Gasteiger partial charge in [-0.1, -0.05) is 41.6 Å². The minimum Gasteiger partial charge on any atom is -0.308 e. The summed E-state index contributed by atoms with van der Waals surface area (Å²) in [5.74, 6) is 0.443. The third-order valence-electron chi connectivity index (χ3n) is 5.90. The van der Waals surface area contributed by atoms with E-state index in [-0.39, 0.29) is 11.9 Å². The lowest BCUT2D eigenvalue weighted by atomic mass is 10.0. The monoisotopic (exact) mass is 416 g/mol. The number of nitrogens with zero attached hydrogens (tertiary/aromatic N) is 4. The van der Waals surface area contributed by atoms with Gasteiger partial charge in [-0.3, -0.25) is 9.20 Å². The number of hydrogen-bond acceptors (Lipinski definition) is 4. The first-order valence-electron chi connectivity index (χ1n) is 10.2. The highest BCUT2D eigenvalue weighted by Crippen LogP contribution is 2.33. The van der Waals surface area contributed by atoms with Crippen LogP contribution in [0, 0.1) is 20.8 Å². The van der Waals surface area contributed by atoms with Crippen LogP contribution in [-0.4, -0.2) is 32.3 Å². The zero-order valence-electron chi connectivity index (χ0n) is 17.6. The largest absolute Gasteiger partial charge is 0.308 e. The van der Waals surface area contributed by atoms with Gasteiger partial charge in [0, 0.05) is 17.1 Å². The standard InChI is InChI=1S/C24H24N4OS/c1-14-9-16(3)23-19(10-14)15(2)11-21-25-26-24(28(21)23)30-13-22(29)27-17(4)12-18-7-5-6-8-20(18)27/h5-11,17H,12-13H2,1-4H3/t17-/m1/s1. The van der Waals surface area contributed by atoms with Crippen LogP contribution >= 0.6 is 11.8 Å². The first kappa shape index (κ1) is 19.1. The van der Waals surface area contributed by atoms with Crippen molar-refractivity contribution in [1.82, 2.24) is 14.6 Å². The van der Waals surface area contributed by atoms with Crippen molar-refractivity contribution in [3.63, 3.8) is 0 Å². The molecule has 152 valence electrons. The molecule has 4 aromatic rings. The Labute approximate surface area is 180 Å². The van der Waals surface area contributed by atoms with Gasteiger partial charge in [0.25, 0.3) is 0 Å². The van der Waals surface area contributed by atoms with E-state index in [1.165, 1.54) is 39.4 Å². The van der Waals surface area contributed by atoms with Crippen molar-refractivity contribution in [3.05, 3.63) is 64.7 Å². The number of aryl methyl sites for hydroxylation is 3. The Balaban J connectivity index is 1.50. The van der Waals surface area contributed by atoms with Gasteiger partial charge in [0.05, 0.1) is 11.3 Å². The van der Waals surface area contributed by atoms with Crippen molar-refractivity contribution in [2.24, 2.45) is 0 Å². The molecule has 5 nitrogen and oxygen atoms in total. The predicted molar refractivity (Wildman–Crippen MR) is 123 cm³/mol. The summed E-state index contributed by atoms with van der Waals surface area (Å²) in [5.41, 5.74) is 7.83. The Morgan fingerprint density at radius 2 is 1.90 bits per heavy atom. The number of thioether (sulfide) groups is 1. The first-order chi connectivity index (χ1) is 14.4. The molecule has 0 saturated heterocycles. The first-order valence-corrected chi connectivity index (χ1v) is 11.2. The van der Waals surface area contributed by atoms with Crippen LogP contribution in [0.25, 0.3) is 16.6 Å². The van der Waals surface area contributed by atoms with Gasteiger partial charge in [0.1, 0.15) is 0 Å². The molecule has 30 heavy (non-hydrogen) atoms. The molecule has 1 aliphatic rings. The van der Waals surface area contributed by atoms with Crippen molar-refractivity contribution in [3.8, 4) is 0 Å². The minimum atomic E-state index is 0.109. The average molecular weight is 417 g/mol. The zero-order chi connectivity index (χ0) is 21.0. The molecule has 0 aliphatic carbocycles. The number of carbonyl (C=O) groups excluding carboxylic acids is 1. The smallest absolute Gasteiger partial charge is 0.237 e. The molecule has 0 spiro atoms. The van der Waals surface area contributed by atoms with E-state index >= 15 is 0 Å². The highest BCUT2D eigenvalue weighted by Gasteiger charge is 2.30. The third-order valence-corrected chi connectivity index (χ3v) is 6.81. The summed E-state index contributed by atoms with van der Waals surface area (Å²) in [5, 5.41) is 10.8. The molecule has 1 aliphatic heterocycles. The summed E-state index contributed by atoms with van der Waals surface area (Å²) in [6.45, 7) is 8.46. The maximum Gasteiger partial charge on any atom is 0.237 e. The van der Waals surface area contributed by atoms with E-state index in [1.807, 2.05) is 23.1 Å². The highest BCUT2D eigenvalue weighted by molar-refractivity contribution is 7.99. The summed E-state index contributed by atoms with van der Waals surface area (Å²) < 4.78 is 2.09. The number of pyridine rings is 1. The number of anilines is 1. The molecule has 0 N–H and O–H groups in total. The van der Waals surface area contributed by atoms with E-state index in [0.717, 1.165) is 28.4 Å². The molecule has 0 bridgehead atoms. The molecule has 0 saturated carbocycles. The molecule has 0 radical (unpaired) electrons. The fraction of sp³-hybridized carbons (Fsp3) is 0.292.